The molecule has 7 heteroatoms. The standard InChI is InChI=1S/C20H19N3O4/c1-12-3-8-17(24)14(9-12)11-23(2)15-6-4-13(5-7-15)10-16-18(25)21-20(27)22-19(16)26/h3-10,24H,11H2,1-2H3,(H2,21,22,25,26,27). The quantitative estimate of drug-likeness (QED) is 0.569. The number of nitrogens with one attached hydrogen (secondary N) is 2. The van der Waals surface area contributed by atoms with Crippen LogP contribution in [0.15, 0.2) is 48.0 Å². The number of benzene rings is 2. The van der Waals surface area contributed by atoms with Gasteiger partial charge in [0.1, 0.15) is 11.3 Å². The fraction of sp³-hybridized carbons (Fsp3) is 0.150. The van der Waals surface area contributed by atoms with E-state index in [-0.39, 0.29) is 11.3 Å². The van der Waals surface area contributed by atoms with Gasteiger partial charge in [-0.25, -0.2) is 4.79 Å². The maximum absolute atomic E-state index is 11.8. The topological polar surface area (TPSA) is 98.7 Å². The SMILES string of the molecule is Cc1ccc(O)c(CN(C)c2ccc(C=C3C(=O)NC(=O)NC3=O)cc2)c1. The van der Waals surface area contributed by atoms with Crippen LogP contribution in [-0.4, -0.2) is 30.0 Å². The molecule has 0 atom stereocenters. The van der Waals surface area contributed by atoms with Crippen molar-refractivity contribution < 1.29 is 19.5 Å². The van der Waals surface area contributed by atoms with E-state index in [2.05, 4.69) is 0 Å². The molecule has 1 heterocycles. The lowest BCUT2D eigenvalue weighted by molar-refractivity contribution is -0.123. The lowest BCUT2D eigenvalue weighted by atomic mass is 10.1. The van der Waals surface area contributed by atoms with Gasteiger partial charge >= 0.3 is 6.03 Å². The van der Waals surface area contributed by atoms with Gasteiger partial charge in [0.25, 0.3) is 11.8 Å². The molecule has 2 aromatic rings. The van der Waals surface area contributed by atoms with E-state index in [4.69, 9.17) is 0 Å². The molecule has 3 rings (SSSR count). The Morgan fingerprint density at radius 2 is 1.63 bits per heavy atom. The van der Waals surface area contributed by atoms with E-state index in [0.717, 1.165) is 16.8 Å². The molecule has 0 spiro atoms. The normalized spacial score (nSPS) is 13.9. The summed E-state index contributed by atoms with van der Waals surface area (Å²) in [6.07, 6.45) is 1.42. The largest absolute Gasteiger partial charge is 0.508 e. The van der Waals surface area contributed by atoms with E-state index in [1.807, 2.05) is 53.8 Å². The molecule has 7 nitrogen and oxygen atoms in total. The summed E-state index contributed by atoms with van der Waals surface area (Å²) in [7, 11) is 1.91. The lowest BCUT2D eigenvalue weighted by Gasteiger charge is -2.20. The molecule has 0 unspecified atom stereocenters. The summed E-state index contributed by atoms with van der Waals surface area (Å²) in [5.41, 5.74) is 3.33. The first kappa shape index (κ1) is 18.2. The van der Waals surface area contributed by atoms with Crippen LogP contribution >= 0.6 is 0 Å². The molecule has 4 amide bonds. The average Bonchev–Trinajstić information content (AvgIpc) is 2.61. The number of anilines is 1. The van der Waals surface area contributed by atoms with Crippen molar-refractivity contribution in [1.82, 2.24) is 10.6 Å². The molecule has 1 aliphatic heterocycles. The molecule has 0 saturated carbocycles. The number of phenols is 1. The Balaban J connectivity index is 1.76. The van der Waals surface area contributed by atoms with Gasteiger partial charge in [-0.2, -0.15) is 0 Å². The summed E-state index contributed by atoms with van der Waals surface area (Å²) in [5.74, 6) is -1.20. The van der Waals surface area contributed by atoms with Crippen LogP contribution in [0.4, 0.5) is 10.5 Å². The molecule has 0 aromatic heterocycles. The predicted octanol–water partition coefficient (Wildman–Crippen LogP) is 2.09. The van der Waals surface area contributed by atoms with Crippen LogP contribution in [0.1, 0.15) is 16.7 Å². The van der Waals surface area contributed by atoms with Crippen LogP contribution in [-0.2, 0) is 16.1 Å². The third-order valence-corrected chi connectivity index (χ3v) is 4.23. The van der Waals surface area contributed by atoms with Crippen molar-refractivity contribution in [3.8, 4) is 5.75 Å². The lowest BCUT2D eigenvalue weighted by Crippen LogP contribution is -2.51. The van der Waals surface area contributed by atoms with Crippen molar-refractivity contribution in [1.29, 1.82) is 0 Å². The van der Waals surface area contributed by atoms with Crippen molar-refractivity contribution in [2.75, 3.05) is 11.9 Å². The minimum absolute atomic E-state index is 0.125. The maximum atomic E-state index is 11.8. The third-order valence-electron chi connectivity index (χ3n) is 4.23. The molecule has 1 aliphatic rings. The van der Waals surface area contributed by atoms with Crippen LogP contribution in [0.2, 0.25) is 0 Å². The molecule has 1 fully saturated rings. The van der Waals surface area contributed by atoms with Gasteiger partial charge in [0.2, 0.25) is 0 Å². The summed E-state index contributed by atoms with van der Waals surface area (Å²) in [6, 6.07) is 11.9. The number of nitrogens with zero attached hydrogens (tertiary/aromatic N) is 1. The first-order chi connectivity index (χ1) is 12.8. The predicted molar refractivity (Wildman–Crippen MR) is 101 cm³/mol. The van der Waals surface area contributed by atoms with E-state index in [0.29, 0.717) is 12.1 Å². The van der Waals surface area contributed by atoms with Crippen LogP contribution in [0, 0.1) is 6.92 Å². The maximum Gasteiger partial charge on any atom is 0.328 e. The van der Waals surface area contributed by atoms with Crippen LogP contribution in [0.25, 0.3) is 6.08 Å². The first-order valence-corrected chi connectivity index (χ1v) is 8.31. The molecular formula is C20H19N3O4. The minimum Gasteiger partial charge on any atom is -0.508 e. The van der Waals surface area contributed by atoms with Crippen molar-refractivity contribution >= 4 is 29.6 Å². The van der Waals surface area contributed by atoms with Gasteiger partial charge in [-0.05, 0) is 36.8 Å². The zero-order valence-electron chi connectivity index (χ0n) is 14.9. The fourth-order valence-electron chi connectivity index (χ4n) is 2.79. The first-order valence-electron chi connectivity index (χ1n) is 8.31. The molecule has 3 N–H and O–H groups in total. The van der Waals surface area contributed by atoms with E-state index in [1.54, 1.807) is 18.2 Å². The van der Waals surface area contributed by atoms with Crippen molar-refractivity contribution in [2.24, 2.45) is 0 Å². The van der Waals surface area contributed by atoms with Gasteiger partial charge in [0.15, 0.2) is 0 Å². The Morgan fingerprint density at radius 1 is 1.00 bits per heavy atom. The Kier molecular flexibility index (Phi) is 4.94. The number of carbonyl (C=O) groups is 3. The summed E-state index contributed by atoms with van der Waals surface area (Å²) >= 11 is 0. The van der Waals surface area contributed by atoms with Crippen molar-refractivity contribution in [2.45, 2.75) is 13.5 Å². The number of amides is 4. The molecule has 138 valence electrons. The molecule has 2 aromatic carbocycles. The minimum atomic E-state index is -0.821. The number of hydrogen-bond donors (Lipinski definition) is 3. The van der Waals surface area contributed by atoms with Crippen LogP contribution < -0.4 is 15.5 Å². The number of rotatable bonds is 4. The number of imide groups is 2. The number of aryl methyl sites for hydroxylation is 1. The highest BCUT2D eigenvalue weighted by Gasteiger charge is 2.27. The number of aromatic hydroxyl groups is 1. The molecule has 27 heavy (non-hydrogen) atoms. The van der Waals surface area contributed by atoms with E-state index in [9.17, 15) is 19.5 Å². The van der Waals surface area contributed by atoms with Gasteiger partial charge in [-0.3, -0.25) is 20.2 Å². The highest BCUT2D eigenvalue weighted by atomic mass is 16.3. The molecular weight excluding hydrogens is 346 g/mol. The Labute approximate surface area is 156 Å². The van der Waals surface area contributed by atoms with E-state index in [1.165, 1.54) is 6.08 Å². The highest BCUT2D eigenvalue weighted by molar-refractivity contribution is 6.31. The average molecular weight is 365 g/mol. The number of barbiturate groups is 1. The second kappa shape index (κ2) is 7.33. The second-order valence-corrected chi connectivity index (χ2v) is 6.38. The summed E-state index contributed by atoms with van der Waals surface area (Å²) in [5, 5.41) is 14.1. The van der Waals surface area contributed by atoms with Gasteiger partial charge in [0, 0.05) is 24.8 Å². The Morgan fingerprint density at radius 3 is 2.26 bits per heavy atom. The van der Waals surface area contributed by atoms with Crippen LogP contribution in [0.5, 0.6) is 5.75 Å². The smallest absolute Gasteiger partial charge is 0.328 e. The fourth-order valence-corrected chi connectivity index (χ4v) is 2.79. The van der Waals surface area contributed by atoms with E-state index < -0.39 is 17.8 Å². The van der Waals surface area contributed by atoms with Gasteiger partial charge < -0.3 is 10.0 Å². The molecule has 0 radical (unpaired) electrons. The number of urea groups is 1. The van der Waals surface area contributed by atoms with E-state index >= 15 is 0 Å². The Hall–Kier alpha value is -3.61. The van der Waals surface area contributed by atoms with Gasteiger partial charge in [-0.1, -0.05) is 29.8 Å². The van der Waals surface area contributed by atoms with Gasteiger partial charge in [0.05, 0.1) is 0 Å². The molecule has 0 bridgehead atoms. The molecule has 1 saturated heterocycles. The summed E-state index contributed by atoms with van der Waals surface area (Å²) in [6.45, 7) is 2.50. The number of hydrogen-bond acceptors (Lipinski definition) is 5. The van der Waals surface area contributed by atoms with Gasteiger partial charge in [-0.15, -0.1) is 0 Å². The second-order valence-electron chi connectivity index (χ2n) is 6.38. The zero-order chi connectivity index (χ0) is 19.6. The third kappa shape index (κ3) is 4.14. The van der Waals surface area contributed by atoms with Crippen molar-refractivity contribution in [3.63, 3.8) is 0 Å². The highest BCUT2D eigenvalue weighted by Crippen LogP contribution is 2.23. The zero-order valence-corrected chi connectivity index (χ0v) is 14.9. The monoisotopic (exact) mass is 365 g/mol. The Bertz CT molecular complexity index is 926. The summed E-state index contributed by atoms with van der Waals surface area (Å²) in [4.78, 5) is 36.6. The van der Waals surface area contributed by atoms with Crippen LogP contribution in [0.3, 0.4) is 0 Å². The molecule has 0 aliphatic carbocycles. The van der Waals surface area contributed by atoms with Crippen molar-refractivity contribution in [3.05, 3.63) is 64.7 Å². The number of carbonyl (C=O) groups excluding carboxylic acids is 3. The number of phenolic OH excluding ortho intramolecular Hbond substituents is 1. The summed E-state index contributed by atoms with van der Waals surface area (Å²) < 4.78 is 0.